The van der Waals surface area contributed by atoms with Gasteiger partial charge in [-0.15, -0.1) is 0 Å². The molecule has 0 aliphatic rings. The van der Waals surface area contributed by atoms with E-state index in [-0.39, 0.29) is 5.82 Å². The molecule has 0 saturated carbocycles. The maximum atomic E-state index is 13.4. The number of rotatable bonds is 3. The molecule has 2 heterocycles. The van der Waals surface area contributed by atoms with Gasteiger partial charge >= 0.3 is 0 Å². The van der Waals surface area contributed by atoms with Crippen LogP contribution in [0.1, 0.15) is 16.4 Å². The van der Waals surface area contributed by atoms with Crippen LogP contribution in [0.3, 0.4) is 0 Å². The molecule has 0 aliphatic heterocycles. The highest BCUT2D eigenvalue weighted by atomic mass is 31.1. The van der Waals surface area contributed by atoms with Gasteiger partial charge in [-0.1, -0.05) is 24.3 Å². The topological polar surface area (TPSA) is 35.0 Å². The molecular formula is C21H18FN2OP. The van der Waals surface area contributed by atoms with Crippen LogP contribution in [-0.4, -0.2) is 9.73 Å². The predicted octanol–water partition coefficient (Wildman–Crippen LogP) is 6.44. The second kappa shape index (κ2) is 6.54. The van der Waals surface area contributed by atoms with Crippen molar-refractivity contribution in [3.63, 3.8) is 0 Å². The largest absolute Gasteiger partial charge is 0.439 e. The number of halogens is 1. The molecule has 0 aliphatic carbocycles. The summed E-state index contributed by atoms with van der Waals surface area (Å²) in [6, 6.07) is 14.4. The lowest BCUT2D eigenvalue weighted by Crippen LogP contribution is -1.89. The van der Waals surface area contributed by atoms with Crippen LogP contribution < -0.4 is 4.74 Å². The highest BCUT2D eigenvalue weighted by Gasteiger charge is 2.13. The van der Waals surface area contributed by atoms with Crippen LogP contribution in [0.2, 0.25) is 0 Å². The fraction of sp³-hybridized carbons (Fsp3) is 0.143. The van der Waals surface area contributed by atoms with Crippen LogP contribution >= 0.6 is 7.50 Å². The third-order valence-electron chi connectivity index (χ3n) is 4.46. The van der Waals surface area contributed by atoms with Crippen LogP contribution in [0, 0.1) is 26.6 Å². The van der Waals surface area contributed by atoms with Crippen LogP contribution in [-0.2, 0) is 0 Å². The van der Waals surface area contributed by atoms with Gasteiger partial charge in [0.05, 0.1) is 0 Å². The molecule has 0 N–H and O–H groups in total. The lowest BCUT2D eigenvalue weighted by atomic mass is 10.0. The Morgan fingerprint density at radius 3 is 2.58 bits per heavy atom. The molecule has 1 unspecified atom stereocenters. The summed E-state index contributed by atoms with van der Waals surface area (Å²) in [5.41, 5.74) is 4.64. The van der Waals surface area contributed by atoms with Crippen molar-refractivity contribution >= 4 is 12.7 Å². The monoisotopic (exact) mass is 364 g/mol. The Kier molecular flexibility index (Phi) is 4.21. The Morgan fingerprint density at radius 2 is 1.81 bits per heavy atom. The van der Waals surface area contributed by atoms with E-state index in [4.69, 9.17) is 9.72 Å². The van der Waals surface area contributed by atoms with Gasteiger partial charge in [-0.05, 0) is 54.9 Å². The molecule has 0 spiro atoms. The highest BCUT2D eigenvalue weighted by molar-refractivity contribution is 7.48. The molecule has 2 aromatic heterocycles. The van der Waals surface area contributed by atoms with E-state index in [1.165, 1.54) is 23.3 Å². The molecule has 130 valence electrons. The summed E-state index contributed by atoms with van der Waals surface area (Å²) in [4.78, 5) is 4.71. The zero-order valence-electron chi connectivity index (χ0n) is 14.8. The van der Waals surface area contributed by atoms with Crippen LogP contribution in [0.4, 0.5) is 4.39 Å². The molecule has 26 heavy (non-hydrogen) atoms. The average molecular weight is 364 g/mol. The summed E-state index contributed by atoms with van der Waals surface area (Å²) < 4.78 is 23.9. The number of hydrogen-bond acceptors (Lipinski definition) is 3. The first-order valence-electron chi connectivity index (χ1n) is 8.38. The highest BCUT2D eigenvalue weighted by Crippen LogP contribution is 2.41. The first-order chi connectivity index (χ1) is 12.5. The summed E-state index contributed by atoms with van der Waals surface area (Å²) in [6.07, 6.45) is 1.91. The van der Waals surface area contributed by atoms with E-state index < -0.39 is 7.50 Å². The summed E-state index contributed by atoms with van der Waals surface area (Å²) in [5, 5.41) is 2.06. The summed E-state index contributed by atoms with van der Waals surface area (Å²) in [7, 11) is -0.800. The van der Waals surface area contributed by atoms with Crippen molar-refractivity contribution in [2.24, 2.45) is 0 Å². The lowest BCUT2D eigenvalue weighted by Gasteiger charge is -2.08. The van der Waals surface area contributed by atoms with Crippen molar-refractivity contribution in [1.82, 2.24) is 9.73 Å². The number of ether oxygens (including phenoxy) is 1. The van der Waals surface area contributed by atoms with Crippen molar-refractivity contribution in [2.45, 2.75) is 20.8 Å². The Morgan fingerprint density at radius 1 is 0.962 bits per heavy atom. The van der Waals surface area contributed by atoms with Crippen molar-refractivity contribution in [1.29, 1.82) is 0 Å². The van der Waals surface area contributed by atoms with E-state index in [1.54, 1.807) is 12.1 Å². The number of aromatic nitrogens is 2. The quantitative estimate of drug-likeness (QED) is 0.420. The molecule has 5 heteroatoms. The van der Waals surface area contributed by atoms with E-state index in [9.17, 15) is 4.39 Å². The standard InChI is InChI=1S/C21H18FN2OP/c1-13-7-8-16(9-14(13)2)19-12-23-26-15(3)10-20(24-21(19)26)25-18-6-4-5-17(22)11-18/h4-12H,1-3H3. The van der Waals surface area contributed by atoms with E-state index in [0.29, 0.717) is 11.6 Å². The smallest absolute Gasteiger partial charge is 0.220 e. The van der Waals surface area contributed by atoms with Gasteiger partial charge < -0.3 is 4.74 Å². The Bertz CT molecular complexity index is 1120. The maximum absolute atomic E-state index is 13.4. The fourth-order valence-corrected chi connectivity index (χ4v) is 4.60. The zero-order valence-corrected chi connectivity index (χ0v) is 15.7. The summed E-state index contributed by atoms with van der Waals surface area (Å²) in [6.45, 7) is 6.24. The average Bonchev–Trinajstić information content (AvgIpc) is 3.02. The first kappa shape index (κ1) is 16.7. The van der Waals surface area contributed by atoms with Gasteiger partial charge in [0.25, 0.3) is 0 Å². The van der Waals surface area contributed by atoms with Crippen LogP contribution in [0.5, 0.6) is 11.6 Å². The molecule has 0 radical (unpaired) electrons. The van der Waals surface area contributed by atoms with Gasteiger partial charge in [0.2, 0.25) is 5.88 Å². The van der Waals surface area contributed by atoms with Crippen LogP contribution in [0.15, 0.2) is 54.7 Å². The zero-order chi connectivity index (χ0) is 18.3. The number of benzene rings is 2. The van der Waals surface area contributed by atoms with Crippen molar-refractivity contribution in [3.05, 3.63) is 77.0 Å². The summed E-state index contributed by atoms with van der Waals surface area (Å²) in [5.74, 6) is 0.570. The summed E-state index contributed by atoms with van der Waals surface area (Å²) >= 11 is 0. The van der Waals surface area contributed by atoms with Gasteiger partial charge in [-0.2, -0.15) is 0 Å². The van der Waals surface area contributed by atoms with Crippen molar-refractivity contribution in [3.8, 4) is 22.8 Å². The number of aryl methyl sites for hydroxylation is 3. The Hall–Kier alpha value is -2.71. The van der Waals surface area contributed by atoms with Gasteiger partial charge in [0, 0.05) is 31.4 Å². The molecule has 0 amide bonds. The SMILES string of the molecule is Cc1ccc(-c2cnp3c(C)cc(Oc4cccc(F)c4)nc23)cc1C. The van der Waals surface area contributed by atoms with E-state index in [1.807, 2.05) is 19.2 Å². The maximum Gasteiger partial charge on any atom is 0.220 e. The van der Waals surface area contributed by atoms with E-state index in [0.717, 1.165) is 21.7 Å². The minimum Gasteiger partial charge on any atom is -0.439 e. The number of nitrogens with zero attached hydrogens (tertiary/aromatic N) is 2. The minimum absolute atomic E-state index is 0.332. The molecule has 0 bridgehead atoms. The Balaban J connectivity index is 1.81. The van der Waals surface area contributed by atoms with Crippen molar-refractivity contribution in [2.75, 3.05) is 0 Å². The first-order valence-corrected chi connectivity index (χ1v) is 9.67. The Labute approximate surface area is 152 Å². The minimum atomic E-state index is -0.800. The molecular weight excluding hydrogens is 346 g/mol. The molecule has 4 aromatic rings. The molecule has 2 aromatic carbocycles. The number of fused-ring (bicyclic) bond motifs is 1. The second-order valence-electron chi connectivity index (χ2n) is 6.39. The van der Waals surface area contributed by atoms with Crippen LogP contribution in [0.25, 0.3) is 16.4 Å². The third kappa shape index (κ3) is 3.09. The van der Waals surface area contributed by atoms with E-state index >= 15 is 0 Å². The van der Waals surface area contributed by atoms with Crippen molar-refractivity contribution < 1.29 is 9.13 Å². The molecule has 3 nitrogen and oxygen atoms in total. The second-order valence-corrected chi connectivity index (χ2v) is 8.37. The molecule has 0 fully saturated rings. The fourth-order valence-electron chi connectivity index (χ4n) is 2.90. The molecule has 1 atom stereocenters. The number of hydrogen-bond donors (Lipinski definition) is 0. The van der Waals surface area contributed by atoms with Gasteiger partial charge in [-0.25, -0.2) is 14.1 Å². The van der Waals surface area contributed by atoms with E-state index in [2.05, 4.69) is 36.8 Å². The van der Waals surface area contributed by atoms with Gasteiger partial charge in [-0.3, -0.25) is 0 Å². The van der Waals surface area contributed by atoms with Gasteiger partial charge in [0.15, 0.2) is 0 Å². The molecule has 4 rings (SSSR count). The molecule has 0 saturated heterocycles. The predicted molar refractivity (Wildman–Crippen MR) is 104 cm³/mol. The lowest BCUT2D eigenvalue weighted by molar-refractivity contribution is 0.460. The van der Waals surface area contributed by atoms with Gasteiger partial charge in [0.1, 0.15) is 16.8 Å². The normalized spacial score (nSPS) is 11.8. The third-order valence-corrected chi connectivity index (χ3v) is 6.35.